The van der Waals surface area contributed by atoms with Gasteiger partial charge in [-0.15, -0.1) is 0 Å². The van der Waals surface area contributed by atoms with Gasteiger partial charge in [0, 0.05) is 52.0 Å². The van der Waals surface area contributed by atoms with Crippen LogP contribution in [0.4, 0.5) is 0 Å². The van der Waals surface area contributed by atoms with Crippen LogP contribution in [0, 0.1) is 0 Å². The van der Waals surface area contributed by atoms with Gasteiger partial charge in [0.2, 0.25) is 0 Å². The highest BCUT2D eigenvalue weighted by molar-refractivity contribution is 6.00. The molecule has 0 spiro atoms. The fraction of sp³-hybridized carbons (Fsp3) is 0.138. The van der Waals surface area contributed by atoms with Crippen molar-refractivity contribution in [1.29, 1.82) is 0 Å². The van der Waals surface area contributed by atoms with E-state index in [0.717, 1.165) is 134 Å². The Labute approximate surface area is 532 Å². The number of hydrogen-bond acceptors (Lipinski definition) is 3. The Balaban J connectivity index is 1.13. The van der Waals surface area contributed by atoms with Gasteiger partial charge < -0.3 is 0 Å². The fourth-order valence-electron chi connectivity index (χ4n) is 12.4. The summed E-state index contributed by atoms with van der Waals surface area (Å²) < 4.78 is 0. The third kappa shape index (κ3) is 12.2. The Morgan fingerprint density at radius 3 is 0.622 bits per heavy atom. The van der Waals surface area contributed by atoms with E-state index >= 15 is 0 Å². The molecule has 13 aromatic rings. The lowest BCUT2D eigenvalue weighted by Gasteiger charge is -2.25. The summed E-state index contributed by atoms with van der Waals surface area (Å²) in [7, 11) is 0. The third-order valence-electron chi connectivity index (χ3n) is 17.6. The average Bonchev–Trinajstić information content (AvgIpc) is 0.822. The van der Waals surface area contributed by atoms with Crippen molar-refractivity contribution in [3.8, 4) is 134 Å². The molecule has 13 rings (SSSR count). The molecule has 3 heteroatoms. The van der Waals surface area contributed by atoms with Crippen LogP contribution in [0.2, 0.25) is 0 Å². The van der Waals surface area contributed by atoms with Gasteiger partial charge in [-0.25, -0.2) is 0 Å². The normalized spacial score (nSPS) is 11.8. The van der Waals surface area contributed by atoms with Crippen LogP contribution in [-0.4, -0.2) is 15.0 Å². The summed E-state index contributed by atoms with van der Waals surface area (Å²) in [6, 6.07) is 99.6. The number of benzene rings is 10. The number of hydrogen-bond donors (Lipinski definition) is 0. The van der Waals surface area contributed by atoms with Crippen LogP contribution in [0.3, 0.4) is 0 Å². The molecule has 3 aromatic heterocycles. The Hall–Kier alpha value is -10.4. The first-order chi connectivity index (χ1) is 43.5. The second kappa shape index (κ2) is 24.3. The third-order valence-corrected chi connectivity index (χ3v) is 17.6. The van der Waals surface area contributed by atoms with Crippen molar-refractivity contribution >= 4 is 0 Å². The van der Waals surface area contributed by atoms with Crippen molar-refractivity contribution in [2.75, 3.05) is 0 Å². The maximum atomic E-state index is 5.32. The van der Waals surface area contributed by atoms with E-state index in [9.17, 15) is 0 Å². The molecule has 0 radical (unpaired) electrons. The summed E-state index contributed by atoms with van der Waals surface area (Å²) in [4.78, 5) is 16.0. The molecule has 0 saturated heterocycles. The molecular weight excluding hydrogens is 1090 g/mol. The SMILES string of the molecule is CC(C)(C)c1ccc(-c2cc(-c3ccc(C(C)(C)C)cc3-c3cnc(-c4ccccc4)cc3-c3ccccc3)cc(-c3ccc(C(C)(C)C)cc3-c3cnc(-c4ccccc4)cc3-c3ccccc3)c2)c(-c2cnc(-c3ccccc3)cc2-c2ccccc2)c1. The molecule has 0 aliphatic heterocycles. The van der Waals surface area contributed by atoms with E-state index in [0.29, 0.717) is 0 Å². The van der Waals surface area contributed by atoms with E-state index in [1.54, 1.807) is 0 Å². The molecule has 3 nitrogen and oxygen atoms in total. The van der Waals surface area contributed by atoms with E-state index in [1.807, 2.05) is 0 Å². The lowest BCUT2D eigenvalue weighted by Crippen LogP contribution is -2.11. The second-order valence-electron chi connectivity index (χ2n) is 26.9. The molecule has 0 N–H and O–H groups in total. The lowest BCUT2D eigenvalue weighted by molar-refractivity contribution is 0.590. The molecule has 0 aliphatic rings. The number of aromatic nitrogens is 3. The number of nitrogens with zero attached hydrogens (tertiary/aromatic N) is 3. The molecule has 0 unspecified atom stereocenters. The van der Waals surface area contributed by atoms with Crippen molar-refractivity contribution in [3.63, 3.8) is 0 Å². The first-order valence-electron chi connectivity index (χ1n) is 31.5. The van der Waals surface area contributed by atoms with Gasteiger partial charge in [-0.1, -0.05) is 281 Å². The standard InChI is InChI=1S/C87H75N3/c1-85(2,3)67-40-43-70(76(49-67)79-55-88-82(61-34-22-13-23-35-61)52-73(79)58-28-16-10-17-29-58)64-46-65(71-44-41-68(86(4,5)6)50-77(71)80-56-89-83(62-36-24-14-25-37-62)53-74(80)59-30-18-11-19-31-59)48-66(47-64)72-45-42-69(87(7,8)9)51-78(72)81-57-90-84(63-38-26-15-27-39-63)54-75(81)60-32-20-12-21-33-60/h10-57H,1-9H3. The predicted octanol–water partition coefficient (Wildman–Crippen LogP) is 23.8. The average molecular weight is 1160 g/mol. The first-order valence-corrected chi connectivity index (χ1v) is 31.5. The highest BCUT2D eigenvalue weighted by Gasteiger charge is 2.26. The molecule has 0 fully saturated rings. The second-order valence-corrected chi connectivity index (χ2v) is 26.9. The lowest BCUT2D eigenvalue weighted by atomic mass is 9.79. The van der Waals surface area contributed by atoms with Crippen LogP contribution in [0.5, 0.6) is 0 Å². The Morgan fingerprint density at radius 2 is 0.400 bits per heavy atom. The van der Waals surface area contributed by atoms with E-state index in [4.69, 9.17) is 15.0 Å². The first kappa shape index (κ1) is 58.7. The van der Waals surface area contributed by atoms with Crippen LogP contribution < -0.4 is 0 Å². The Bertz CT molecular complexity index is 4210. The minimum atomic E-state index is -0.154. The van der Waals surface area contributed by atoms with Crippen LogP contribution in [0.15, 0.2) is 292 Å². The summed E-state index contributed by atoms with van der Waals surface area (Å²) in [5.74, 6) is 0. The van der Waals surface area contributed by atoms with E-state index in [1.165, 1.54) is 16.7 Å². The molecule has 10 aromatic carbocycles. The Morgan fingerprint density at radius 1 is 0.178 bits per heavy atom. The topological polar surface area (TPSA) is 38.7 Å². The van der Waals surface area contributed by atoms with E-state index in [-0.39, 0.29) is 16.2 Å². The summed E-state index contributed by atoms with van der Waals surface area (Å²) >= 11 is 0. The number of rotatable bonds is 12. The summed E-state index contributed by atoms with van der Waals surface area (Å²) in [6.07, 6.45) is 6.34. The molecule has 0 aliphatic carbocycles. The quantitative estimate of drug-likeness (QED) is 0.122. The minimum absolute atomic E-state index is 0.154. The summed E-state index contributed by atoms with van der Waals surface area (Å²) in [6.45, 7) is 20.8. The zero-order valence-electron chi connectivity index (χ0n) is 53.1. The van der Waals surface area contributed by atoms with Gasteiger partial charge in [0.25, 0.3) is 0 Å². The van der Waals surface area contributed by atoms with Crippen molar-refractivity contribution in [2.24, 2.45) is 0 Å². The molecular formula is C87H75N3. The molecule has 3 heterocycles. The molecule has 0 atom stereocenters. The van der Waals surface area contributed by atoms with Gasteiger partial charge in [-0.3, -0.25) is 15.0 Å². The highest BCUT2D eigenvalue weighted by Crippen LogP contribution is 2.49. The maximum absolute atomic E-state index is 5.32. The van der Waals surface area contributed by atoms with Crippen molar-refractivity contribution in [2.45, 2.75) is 78.6 Å². The smallest absolute Gasteiger partial charge is 0.0708 e. The van der Waals surface area contributed by atoms with Gasteiger partial charge in [0.1, 0.15) is 0 Å². The van der Waals surface area contributed by atoms with Crippen molar-refractivity contribution in [1.82, 2.24) is 15.0 Å². The summed E-state index contributed by atoms with van der Waals surface area (Å²) in [5, 5.41) is 0. The summed E-state index contributed by atoms with van der Waals surface area (Å²) in [5.41, 5.74) is 29.1. The molecule has 90 heavy (non-hydrogen) atoms. The monoisotopic (exact) mass is 1160 g/mol. The van der Waals surface area contributed by atoms with E-state index in [2.05, 4.69) is 354 Å². The number of pyridine rings is 3. The largest absolute Gasteiger partial charge is 0.256 e. The van der Waals surface area contributed by atoms with Crippen LogP contribution in [0.25, 0.3) is 134 Å². The fourth-order valence-corrected chi connectivity index (χ4v) is 12.4. The Kier molecular flexibility index (Phi) is 15.8. The van der Waals surface area contributed by atoms with Gasteiger partial charge >= 0.3 is 0 Å². The van der Waals surface area contributed by atoms with Gasteiger partial charge in [0.15, 0.2) is 0 Å². The van der Waals surface area contributed by atoms with Crippen LogP contribution >= 0.6 is 0 Å². The van der Waals surface area contributed by atoms with Crippen molar-refractivity contribution in [3.05, 3.63) is 308 Å². The van der Waals surface area contributed by atoms with Crippen LogP contribution in [-0.2, 0) is 16.2 Å². The highest BCUT2D eigenvalue weighted by atomic mass is 14.7. The van der Waals surface area contributed by atoms with Crippen molar-refractivity contribution < 1.29 is 0 Å². The predicted molar refractivity (Wildman–Crippen MR) is 381 cm³/mol. The molecule has 0 bridgehead atoms. The van der Waals surface area contributed by atoms with Crippen LogP contribution in [0.1, 0.15) is 79.0 Å². The minimum Gasteiger partial charge on any atom is -0.256 e. The molecule has 0 saturated carbocycles. The van der Waals surface area contributed by atoms with Gasteiger partial charge in [-0.05, 0) is 171 Å². The zero-order valence-corrected chi connectivity index (χ0v) is 53.1. The maximum Gasteiger partial charge on any atom is 0.0708 e. The molecule has 438 valence electrons. The van der Waals surface area contributed by atoms with Gasteiger partial charge in [-0.2, -0.15) is 0 Å². The molecule has 0 amide bonds. The zero-order chi connectivity index (χ0) is 62.2. The van der Waals surface area contributed by atoms with Gasteiger partial charge in [0.05, 0.1) is 17.1 Å². The van der Waals surface area contributed by atoms with E-state index < -0.39 is 0 Å².